The van der Waals surface area contributed by atoms with Crippen molar-refractivity contribution in [3.05, 3.63) is 71.8 Å². The number of carbonyl (C=O) groups excluding carboxylic acids is 1. The minimum absolute atomic E-state index is 0.142. The maximum atomic E-state index is 12.6. The number of carbonyl (C=O) groups is 1. The zero-order valence-electron chi connectivity index (χ0n) is 14.9. The molecular weight excluding hydrogens is 310 g/mol. The van der Waals surface area contributed by atoms with Crippen molar-refractivity contribution in [3.63, 3.8) is 0 Å². The third kappa shape index (κ3) is 3.82. The number of aryl methyl sites for hydroxylation is 2. The number of rotatable bonds is 5. The van der Waals surface area contributed by atoms with Crippen molar-refractivity contribution in [1.82, 2.24) is 0 Å². The number of hydrogen-bond acceptors (Lipinski definition) is 2. The van der Waals surface area contributed by atoms with Crippen LogP contribution in [0.2, 0.25) is 0 Å². The van der Waals surface area contributed by atoms with E-state index >= 15 is 0 Å². The van der Waals surface area contributed by atoms with Crippen molar-refractivity contribution in [2.45, 2.75) is 33.3 Å². The van der Waals surface area contributed by atoms with Gasteiger partial charge in [-0.15, -0.1) is 0 Å². The fourth-order valence-corrected chi connectivity index (χ4v) is 2.93. The van der Waals surface area contributed by atoms with Crippen LogP contribution in [-0.2, 0) is 11.2 Å². The van der Waals surface area contributed by atoms with Gasteiger partial charge in [-0.2, -0.15) is 0 Å². The van der Waals surface area contributed by atoms with E-state index in [1.54, 1.807) is 6.92 Å². The summed E-state index contributed by atoms with van der Waals surface area (Å²) in [6.07, 6.45) is 0.294. The molecule has 0 saturated heterocycles. The van der Waals surface area contributed by atoms with E-state index in [4.69, 9.17) is 4.74 Å². The summed E-state index contributed by atoms with van der Waals surface area (Å²) in [7, 11) is 0. The Morgan fingerprint density at radius 1 is 1.04 bits per heavy atom. The van der Waals surface area contributed by atoms with Gasteiger partial charge in [-0.25, -0.2) is 0 Å². The van der Waals surface area contributed by atoms with Gasteiger partial charge in [0, 0.05) is 5.69 Å². The van der Waals surface area contributed by atoms with Crippen molar-refractivity contribution >= 4 is 22.4 Å². The highest BCUT2D eigenvalue weighted by Gasteiger charge is 2.17. The minimum atomic E-state index is -0.578. The van der Waals surface area contributed by atoms with E-state index in [9.17, 15) is 4.79 Å². The molecule has 3 nitrogen and oxygen atoms in total. The Kier molecular flexibility index (Phi) is 5.03. The number of ether oxygens (including phenoxy) is 1. The van der Waals surface area contributed by atoms with Gasteiger partial charge in [0.1, 0.15) is 5.75 Å². The lowest BCUT2D eigenvalue weighted by atomic mass is 10.1. The van der Waals surface area contributed by atoms with E-state index in [0.717, 1.165) is 34.0 Å². The highest BCUT2D eigenvalue weighted by molar-refractivity contribution is 5.95. The first-order valence-corrected chi connectivity index (χ1v) is 8.63. The quantitative estimate of drug-likeness (QED) is 0.704. The smallest absolute Gasteiger partial charge is 0.265 e. The van der Waals surface area contributed by atoms with E-state index in [0.29, 0.717) is 5.75 Å². The van der Waals surface area contributed by atoms with E-state index in [1.165, 1.54) is 0 Å². The van der Waals surface area contributed by atoms with Crippen LogP contribution >= 0.6 is 0 Å². The summed E-state index contributed by atoms with van der Waals surface area (Å²) < 4.78 is 5.86. The second-order valence-electron chi connectivity index (χ2n) is 6.22. The van der Waals surface area contributed by atoms with Crippen LogP contribution in [0.5, 0.6) is 5.75 Å². The second-order valence-corrected chi connectivity index (χ2v) is 6.22. The Morgan fingerprint density at radius 3 is 2.56 bits per heavy atom. The molecule has 0 saturated carbocycles. The average Bonchev–Trinajstić information content (AvgIpc) is 2.63. The molecule has 0 aliphatic carbocycles. The Balaban J connectivity index is 1.74. The molecule has 0 aliphatic heterocycles. The van der Waals surface area contributed by atoms with Gasteiger partial charge >= 0.3 is 0 Å². The summed E-state index contributed by atoms with van der Waals surface area (Å²) in [6, 6.07) is 20.0. The molecule has 0 fully saturated rings. The van der Waals surface area contributed by atoms with Crippen LogP contribution in [0.15, 0.2) is 60.7 Å². The van der Waals surface area contributed by atoms with Gasteiger partial charge in [-0.3, -0.25) is 4.79 Å². The Labute approximate surface area is 148 Å². The topological polar surface area (TPSA) is 38.3 Å². The van der Waals surface area contributed by atoms with Gasteiger partial charge in [0.25, 0.3) is 5.91 Å². The van der Waals surface area contributed by atoms with Gasteiger partial charge in [-0.1, -0.05) is 55.5 Å². The summed E-state index contributed by atoms with van der Waals surface area (Å²) in [6.45, 7) is 5.86. The number of para-hydroxylation sites is 1. The normalized spacial score (nSPS) is 12.0. The van der Waals surface area contributed by atoms with E-state index in [1.807, 2.05) is 61.5 Å². The van der Waals surface area contributed by atoms with Gasteiger partial charge in [0.05, 0.1) is 0 Å². The molecule has 0 aromatic heterocycles. The molecule has 0 unspecified atom stereocenters. The molecule has 0 radical (unpaired) electrons. The third-order valence-corrected chi connectivity index (χ3v) is 4.39. The first-order chi connectivity index (χ1) is 12.1. The lowest BCUT2D eigenvalue weighted by Gasteiger charge is -2.18. The van der Waals surface area contributed by atoms with E-state index < -0.39 is 6.10 Å². The average molecular weight is 333 g/mol. The highest BCUT2D eigenvalue weighted by Crippen LogP contribution is 2.23. The molecule has 0 bridgehead atoms. The van der Waals surface area contributed by atoms with E-state index in [2.05, 4.69) is 18.3 Å². The third-order valence-electron chi connectivity index (χ3n) is 4.39. The first-order valence-electron chi connectivity index (χ1n) is 8.63. The van der Waals surface area contributed by atoms with Crippen LogP contribution in [0, 0.1) is 6.92 Å². The minimum Gasteiger partial charge on any atom is -0.481 e. The molecule has 3 aromatic carbocycles. The standard InChI is InChI=1S/C22H23NO2/c1-4-17-11-7-8-15(2)21(17)23-22(24)16(3)25-20-13-12-18-9-5-6-10-19(18)14-20/h5-14,16H,4H2,1-3H3,(H,23,24)/t16-/m0/s1. The predicted octanol–water partition coefficient (Wildman–Crippen LogP) is 5.12. The molecule has 0 aliphatic rings. The monoisotopic (exact) mass is 333 g/mol. The van der Waals surface area contributed by atoms with Crippen LogP contribution in [-0.4, -0.2) is 12.0 Å². The molecule has 3 rings (SSSR count). The van der Waals surface area contributed by atoms with Crippen molar-refractivity contribution in [3.8, 4) is 5.75 Å². The largest absolute Gasteiger partial charge is 0.481 e. The van der Waals surface area contributed by atoms with Gasteiger partial charge in [0.2, 0.25) is 0 Å². The van der Waals surface area contributed by atoms with Gasteiger partial charge in [0.15, 0.2) is 6.10 Å². The van der Waals surface area contributed by atoms with E-state index in [-0.39, 0.29) is 5.91 Å². The molecule has 0 heterocycles. The van der Waals surface area contributed by atoms with Crippen molar-refractivity contribution in [2.75, 3.05) is 5.32 Å². The molecule has 25 heavy (non-hydrogen) atoms. The Morgan fingerprint density at radius 2 is 1.80 bits per heavy atom. The van der Waals surface area contributed by atoms with Crippen LogP contribution in [0.1, 0.15) is 25.0 Å². The summed E-state index contributed by atoms with van der Waals surface area (Å²) in [5.41, 5.74) is 3.08. The highest BCUT2D eigenvalue weighted by atomic mass is 16.5. The van der Waals surface area contributed by atoms with Crippen molar-refractivity contribution in [1.29, 1.82) is 0 Å². The molecule has 3 heteroatoms. The molecule has 128 valence electrons. The first kappa shape index (κ1) is 17.0. The molecular formula is C22H23NO2. The van der Waals surface area contributed by atoms with Crippen LogP contribution in [0.25, 0.3) is 10.8 Å². The maximum Gasteiger partial charge on any atom is 0.265 e. The fraction of sp³-hybridized carbons (Fsp3) is 0.227. The molecule has 0 spiro atoms. The van der Waals surface area contributed by atoms with Gasteiger partial charge in [-0.05, 0) is 54.3 Å². The lowest BCUT2D eigenvalue weighted by Crippen LogP contribution is -2.30. The SMILES string of the molecule is CCc1cccc(C)c1NC(=O)[C@H](C)Oc1ccc2ccccc2c1. The Bertz CT molecular complexity index is 901. The second kappa shape index (κ2) is 7.39. The number of hydrogen-bond donors (Lipinski definition) is 1. The van der Waals surface area contributed by atoms with Crippen molar-refractivity contribution in [2.24, 2.45) is 0 Å². The van der Waals surface area contributed by atoms with Crippen LogP contribution in [0.3, 0.4) is 0 Å². The molecule has 1 amide bonds. The molecule has 3 aromatic rings. The number of nitrogens with one attached hydrogen (secondary N) is 1. The summed E-state index contributed by atoms with van der Waals surface area (Å²) in [5, 5.41) is 5.27. The zero-order valence-corrected chi connectivity index (χ0v) is 14.9. The Hall–Kier alpha value is -2.81. The van der Waals surface area contributed by atoms with Gasteiger partial charge < -0.3 is 10.1 Å². The predicted molar refractivity (Wildman–Crippen MR) is 103 cm³/mol. The van der Waals surface area contributed by atoms with Crippen molar-refractivity contribution < 1.29 is 9.53 Å². The fourth-order valence-electron chi connectivity index (χ4n) is 2.93. The number of benzene rings is 3. The summed E-state index contributed by atoms with van der Waals surface area (Å²) in [5.74, 6) is 0.555. The number of anilines is 1. The summed E-state index contributed by atoms with van der Waals surface area (Å²) in [4.78, 5) is 12.6. The summed E-state index contributed by atoms with van der Waals surface area (Å²) >= 11 is 0. The zero-order chi connectivity index (χ0) is 17.8. The van der Waals surface area contributed by atoms with Crippen LogP contribution < -0.4 is 10.1 Å². The molecule has 1 N–H and O–H groups in total. The lowest BCUT2D eigenvalue weighted by molar-refractivity contribution is -0.122. The maximum absolute atomic E-state index is 12.6. The number of amides is 1. The van der Waals surface area contributed by atoms with Crippen LogP contribution in [0.4, 0.5) is 5.69 Å². The number of fused-ring (bicyclic) bond motifs is 1. The molecule has 1 atom stereocenters.